The number of hydrogen-bond donors (Lipinski definition) is 0. The molecule has 1 fully saturated rings. The van der Waals surface area contributed by atoms with Crippen molar-refractivity contribution in [1.82, 2.24) is 4.81 Å². The maximum Gasteiger partial charge on any atom is 0.581 e. The topological polar surface area (TPSA) is 30.9 Å². The zero-order valence-electron chi connectivity index (χ0n) is 7.97. The molecule has 0 radical (unpaired) electrons. The van der Waals surface area contributed by atoms with Gasteiger partial charge in [-0.3, -0.25) is 0 Å². The van der Waals surface area contributed by atoms with E-state index in [-0.39, 0.29) is 0 Å². The average molecular weight is 192 g/mol. The predicted molar refractivity (Wildman–Crippen MR) is 52.0 cm³/mol. The number of fused-ring (bicyclic) bond motifs is 1. The second-order valence-corrected chi connectivity index (χ2v) is 3.64. The summed E-state index contributed by atoms with van der Waals surface area (Å²) in [6.07, 6.45) is 0. The molecule has 1 spiro atoms. The standard InChI is InChI=1S/C9H11BNO3/c1-11-6-7-12-10(11)13-8-4-2-3-5-9(8)14-10/h2-5H,6-7H2,1H3/q-1. The minimum absolute atomic E-state index is 0.657. The fraction of sp³-hybridized carbons (Fsp3) is 0.333. The highest BCUT2D eigenvalue weighted by Crippen LogP contribution is 2.39. The van der Waals surface area contributed by atoms with E-state index >= 15 is 0 Å². The SMILES string of the molecule is CN1CCO[B-]12Oc1ccccc1O2. The molecule has 0 aliphatic carbocycles. The molecule has 0 atom stereocenters. The summed E-state index contributed by atoms with van der Waals surface area (Å²) in [6.45, 7) is -0.202. The number of rotatable bonds is 0. The van der Waals surface area contributed by atoms with Crippen molar-refractivity contribution in [2.75, 3.05) is 20.2 Å². The van der Waals surface area contributed by atoms with Gasteiger partial charge in [0.25, 0.3) is 0 Å². The van der Waals surface area contributed by atoms with Crippen LogP contribution in [-0.2, 0) is 4.65 Å². The third kappa shape index (κ3) is 0.965. The maximum atomic E-state index is 5.71. The van der Waals surface area contributed by atoms with Gasteiger partial charge >= 0.3 is 6.89 Å². The molecule has 4 nitrogen and oxygen atoms in total. The van der Waals surface area contributed by atoms with Gasteiger partial charge < -0.3 is 18.8 Å². The predicted octanol–water partition coefficient (Wildman–Crippen LogP) is 0.855. The van der Waals surface area contributed by atoms with Crippen LogP contribution in [0.5, 0.6) is 11.5 Å². The molecular formula is C9H11BNO3-. The van der Waals surface area contributed by atoms with Crippen LogP contribution in [0.2, 0.25) is 0 Å². The normalized spacial score (nSPS) is 23.2. The van der Waals surface area contributed by atoms with Crippen molar-refractivity contribution in [3.05, 3.63) is 24.3 Å². The van der Waals surface area contributed by atoms with E-state index < -0.39 is 6.89 Å². The molecule has 1 aromatic rings. The largest absolute Gasteiger partial charge is 0.643 e. The smallest absolute Gasteiger partial charge is 0.581 e. The summed E-state index contributed by atoms with van der Waals surface area (Å²) in [5, 5.41) is 0. The van der Waals surface area contributed by atoms with Gasteiger partial charge in [-0.25, -0.2) is 0 Å². The summed E-state index contributed by atoms with van der Waals surface area (Å²) >= 11 is 0. The van der Waals surface area contributed by atoms with Gasteiger partial charge in [-0.2, -0.15) is 0 Å². The molecule has 2 aliphatic rings. The van der Waals surface area contributed by atoms with E-state index in [4.69, 9.17) is 14.0 Å². The van der Waals surface area contributed by atoms with Gasteiger partial charge in [-0.1, -0.05) is 12.1 Å². The van der Waals surface area contributed by atoms with Crippen molar-refractivity contribution in [2.24, 2.45) is 0 Å². The van der Waals surface area contributed by atoms with Crippen LogP contribution in [0.25, 0.3) is 0 Å². The summed E-state index contributed by atoms with van der Waals surface area (Å²) < 4.78 is 17.0. The van der Waals surface area contributed by atoms with Crippen molar-refractivity contribution in [2.45, 2.75) is 0 Å². The molecule has 0 bridgehead atoms. The van der Waals surface area contributed by atoms with Crippen molar-refractivity contribution in [3.8, 4) is 11.5 Å². The van der Waals surface area contributed by atoms with Crippen molar-refractivity contribution in [1.29, 1.82) is 0 Å². The Morgan fingerprint density at radius 2 is 1.86 bits per heavy atom. The van der Waals surface area contributed by atoms with E-state index in [2.05, 4.69) is 0 Å². The molecular weight excluding hydrogens is 181 g/mol. The van der Waals surface area contributed by atoms with Crippen LogP contribution in [0.15, 0.2) is 24.3 Å². The molecule has 2 aliphatic heterocycles. The van der Waals surface area contributed by atoms with Gasteiger partial charge in [0, 0.05) is 6.61 Å². The van der Waals surface area contributed by atoms with Crippen LogP contribution >= 0.6 is 0 Å². The van der Waals surface area contributed by atoms with Crippen LogP contribution in [0, 0.1) is 0 Å². The molecule has 2 heterocycles. The van der Waals surface area contributed by atoms with Crippen molar-refractivity contribution in [3.63, 3.8) is 0 Å². The summed E-state index contributed by atoms with van der Waals surface area (Å²) in [6, 6.07) is 7.63. The lowest BCUT2D eigenvalue weighted by Gasteiger charge is -2.35. The Hall–Kier alpha value is -1.20. The Bertz CT molecular complexity index is 346. The first kappa shape index (κ1) is 8.14. The molecule has 0 saturated carbocycles. The number of nitrogens with zero attached hydrogens (tertiary/aromatic N) is 1. The van der Waals surface area contributed by atoms with Crippen molar-refractivity contribution >= 4 is 6.89 Å². The molecule has 5 heteroatoms. The Morgan fingerprint density at radius 1 is 1.21 bits per heavy atom. The summed E-state index contributed by atoms with van der Waals surface area (Å²) in [4.78, 5) is 1.97. The number of benzene rings is 1. The summed E-state index contributed by atoms with van der Waals surface area (Å²) in [5.74, 6) is 1.53. The first-order valence-corrected chi connectivity index (χ1v) is 4.75. The Labute approximate surface area is 82.4 Å². The van der Waals surface area contributed by atoms with Gasteiger partial charge in [0.2, 0.25) is 0 Å². The van der Waals surface area contributed by atoms with Crippen LogP contribution in [0.3, 0.4) is 0 Å². The molecule has 0 aromatic heterocycles. The lowest BCUT2D eigenvalue weighted by atomic mass is 9.97. The first-order chi connectivity index (χ1) is 6.80. The zero-order chi connectivity index (χ0) is 9.60. The minimum atomic E-state index is -1.70. The molecule has 1 saturated heterocycles. The third-order valence-corrected chi connectivity index (χ3v) is 2.71. The van der Waals surface area contributed by atoms with E-state index in [0.717, 1.165) is 18.0 Å². The van der Waals surface area contributed by atoms with Gasteiger partial charge in [-0.05, 0) is 25.7 Å². The second-order valence-electron chi connectivity index (χ2n) is 3.64. The van der Waals surface area contributed by atoms with Gasteiger partial charge in [0.1, 0.15) is 11.5 Å². The summed E-state index contributed by atoms with van der Waals surface area (Å²) in [7, 11) is 1.94. The van der Waals surface area contributed by atoms with E-state index in [1.165, 1.54) is 0 Å². The fourth-order valence-electron chi connectivity index (χ4n) is 1.87. The number of hydrogen-bond acceptors (Lipinski definition) is 4. The third-order valence-electron chi connectivity index (χ3n) is 2.71. The van der Waals surface area contributed by atoms with Crippen LogP contribution < -0.4 is 9.31 Å². The second kappa shape index (κ2) is 2.65. The quantitative estimate of drug-likeness (QED) is 0.570. The fourth-order valence-corrected chi connectivity index (χ4v) is 1.87. The highest BCUT2D eigenvalue weighted by molar-refractivity contribution is 6.60. The highest BCUT2D eigenvalue weighted by atomic mass is 16.8. The van der Waals surface area contributed by atoms with E-state index in [1.54, 1.807) is 0 Å². The van der Waals surface area contributed by atoms with E-state index in [1.807, 2.05) is 36.1 Å². The maximum absolute atomic E-state index is 5.71. The first-order valence-electron chi connectivity index (χ1n) is 4.75. The molecule has 3 rings (SSSR count). The molecule has 74 valence electrons. The average Bonchev–Trinajstić information content (AvgIpc) is 2.71. The van der Waals surface area contributed by atoms with Crippen LogP contribution in [0.4, 0.5) is 0 Å². The highest BCUT2D eigenvalue weighted by Gasteiger charge is 2.47. The molecule has 0 N–H and O–H groups in total. The zero-order valence-corrected chi connectivity index (χ0v) is 7.97. The Kier molecular flexibility index (Phi) is 1.54. The molecule has 1 aromatic carbocycles. The van der Waals surface area contributed by atoms with Crippen LogP contribution in [-0.4, -0.2) is 31.9 Å². The number of para-hydroxylation sites is 2. The van der Waals surface area contributed by atoms with Gasteiger partial charge in [0.15, 0.2) is 0 Å². The lowest BCUT2D eigenvalue weighted by molar-refractivity contribution is 0.206. The molecule has 0 amide bonds. The molecule has 14 heavy (non-hydrogen) atoms. The van der Waals surface area contributed by atoms with E-state index in [9.17, 15) is 0 Å². The van der Waals surface area contributed by atoms with E-state index in [0.29, 0.717) is 6.61 Å². The van der Waals surface area contributed by atoms with Gasteiger partial charge in [-0.15, -0.1) is 0 Å². The molecule has 0 unspecified atom stereocenters. The Balaban J connectivity index is 1.97. The minimum Gasteiger partial charge on any atom is -0.643 e. The number of likely N-dealkylation sites (N-methyl/N-ethyl adjacent to an activating group) is 1. The monoisotopic (exact) mass is 192 g/mol. The summed E-state index contributed by atoms with van der Waals surface area (Å²) in [5.41, 5.74) is 0. The lowest BCUT2D eigenvalue weighted by Crippen LogP contribution is -2.57. The van der Waals surface area contributed by atoms with Crippen LogP contribution in [0.1, 0.15) is 0 Å². The Morgan fingerprint density at radius 3 is 2.36 bits per heavy atom. The van der Waals surface area contributed by atoms with Crippen molar-refractivity contribution < 1.29 is 14.0 Å². The van der Waals surface area contributed by atoms with Gasteiger partial charge in [0.05, 0.1) is 0 Å².